The van der Waals surface area contributed by atoms with Gasteiger partial charge in [-0.1, -0.05) is 11.6 Å². The van der Waals surface area contributed by atoms with Crippen molar-refractivity contribution < 1.29 is 4.74 Å². The van der Waals surface area contributed by atoms with Crippen LogP contribution in [0.25, 0.3) is 0 Å². The third-order valence-corrected chi connectivity index (χ3v) is 3.10. The molecule has 84 valence electrons. The number of nitrogens with zero attached hydrogens (tertiary/aromatic N) is 3. The molecule has 2 N–H and O–H groups in total. The molecule has 1 aromatic heterocycles. The summed E-state index contributed by atoms with van der Waals surface area (Å²) >= 11 is 5.89. The molecule has 0 bridgehead atoms. The quantitative estimate of drug-likeness (QED) is 0.687. The van der Waals surface area contributed by atoms with Crippen LogP contribution in [0.2, 0.25) is 5.15 Å². The average molecular weight is 239 g/mol. The Morgan fingerprint density at radius 3 is 3.31 bits per heavy atom. The lowest BCUT2D eigenvalue weighted by Crippen LogP contribution is -2.48. The van der Waals surface area contributed by atoms with Gasteiger partial charge in [0.2, 0.25) is 0 Å². The third kappa shape index (κ3) is 1.44. The first kappa shape index (κ1) is 9.86. The SMILES string of the molecule is NC1=Nc2cnc(Cl)cc2[C@@H]2COCCN12. The Balaban J connectivity index is 2.11. The summed E-state index contributed by atoms with van der Waals surface area (Å²) in [5.74, 6) is 0.532. The average Bonchev–Trinajstić information content (AvgIpc) is 2.31. The van der Waals surface area contributed by atoms with Crippen LogP contribution in [0.1, 0.15) is 11.6 Å². The number of halogens is 1. The number of fused-ring (bicyclic) bond motifs is 3. The minimum atomic E-state index is 0.113. The van der Waals surface area contributed by atoms with E-state index in [1.807, 2.05) is 11.0 Å². The number of hydrogen-bond donors (Lipinski definition) is 1. The maximum atomic E-state index is 5.90. The van der Waals surface area contributed by atoms with Crippen molar-refractivity contribution in [1.29, 1.82) is 0 Å². The summed E-state index contributed by atoms with van der Waals surface area (Å²) in [6, 6.07) is 1.95. The van der Waals surface area contributed by atoms with Gasteiger partial charge in [0.25, 0.3) is 0 Å². The number of nitrogens with two attached hydrogens (primary N) is 1. The second-order valence-corrected chi connectivity index (χ2v) is 4.21. The number of ether oxygens (including phenoxy) is 1. The number of morpholine rings is 1. The normalized spacial score (nSPS) is 23.4. The summed E-state index contributed by atoms with van der Waals surface area (Å²) in [4.78, 5) is 10.4. The Bertz CT molecular complexity index is 462. The molecular weight excluding hydrogens is 228 g/mol. The molecule has 2 aliphatic heterocycles. The fraction of sp³-hybridized carbons (Fsp3) is 0.400. The van der Waals surface area contributed by atoms with E-state index >= 15 is 0 Å². The van der Waals surface area contributed by atoms with E-state index in [4.69, 9.17) is 22.1 Å². The van der Waals surface area contributed by atoms with E-state index in [-0.39, 0.29) is 6.04 Å². The Morgan fingerprint density at radius 1 is 1.56 bits per heavy atom. The zero-order valence-electron chi connectivity index (χ0n) is 8.56. The molecule has 2 aliphatic rings. The Labute approximate surface area is 97.9 Å². The summed E-state index contributed by atoms with van der Waals surface area (Å²) in [5, 5.41) is 0.472. The van der Waals surface area contributed by atoms with Crippen molar-refractivity contribution in [2.75, 3.05) is 19.8 Å². The van der Waals surface area contributed by atoms with E-state index in [2.05, 4.69) is 9.98 Å². The van der Waals surface area contributed by atoms with Crippen LogP contribution in [0.15, 0.2) is 17.3 Å². The van der Waals surface area contributed by atoms with E-state index < -0.39 is 0 Å². The molecule has 3 rings (SSSR count). The predicted molar refractivity (Wildman–Crippen MR) is 60.8 cm³/mol. The number of pyridine rings is 1. The molecule has 0 aromatic carbocycles. The highest BCUT2D eigenvalue weighted by Gasteiger charge is 2.31. The molecule has 16 heavy (non-hydrogen) atoms. The predicted octanol–water partition coefficient (Wildman–Crippen LogP) is 1.07. The molecule has 0 radical (unpaired) electrons. The molecule has 5 nitrogen and oxygen atoms in total. The molecule has 1 atom stereocenters. The van der Waals surface area contributed by atoms with Gasteiger partial charge >= 0.3 is 0 Å². The fourth-order valence-electron chi connectivity index (χ4n) is 2.12. The third-order valence-electron chi connectivity index (χ3n) is 2.90. The van der Waals surface area contributed by atoms with E-state index in [1.165, 1.54) is 0 Å². The zero-order chi connectivity index (χ0) is 11.1. The fourth-order valence-corrected chi connectivity index (χ4v) is 2.29. The van der Waals surface area contributed by atoms with Crippen molar-refractivity contribution >= 4 is 23.2 Å². The number of aromatic nitrogens is 1. The molecule has 0 unspecified atom stereocenters. The van der Waals surface area contributed by atoms with E-state index in [0.717, 1.165) is 17.8 Å². The molecule has 0 spiro atoms. The lowest BCUT2D eigenvalue weighted by molar-refractivity contribution is 0.0241. The minimum Gasteiger partial charge on any atom is -0.377 e. The number of hydrogen-bond acceptors (Lipinski definition) is 5. The Hall–Kier alpha value is -1.33. The summed E-state index contributed by atoms with van der Waals surface area (Å²) in [6.07, 6.45) is 1.65. The van der Waals surface area contributed by atoms with Crippen LogP contribution in [0.3, 0.4) is 0 Å². The Morgan fingerprint density at radius 2 is 2.44 bits per heavy atom. The van der Waals surface area contributed by atoms with E-state index in [0.29, 0.717) is 24.3 Å². The standard InChI is InChI=1S/C10H11ClN4O/c11-9-3-6-7(4-13-9)14-10(12)15-1-2-16-5-8(6)15/h3-4,8H,1-2,5H2,(H2,12,14)/t8-/m0/s1. The molecule has 0 amide bonds. The lowest BCUT2D eigenvalue weighted by Gasteiger charge is -2.39. The second kappa shape index (κ2) is 3.61. The van der Waals surface area contributed by atoms with Gasteiger partial charge in [-0.25, -0.2) is 9.98 Å². The highest BCUT2D eigenvalue weighted by atomic mass is 35.5. The lowest BCUT2D eigenvalue weighted by atomic mass is 10.0. The van der Waals surface area contributed by atoms with Crippen molar-refractivity contribution in [3.8, 4) is 0 Å². The number of rotatable bonds is 0. The van der Waals surface area contributed by atoms with Crippen LogP contribution in [-0.2, 0) is 4.74 Å². The van der Waals surface area contributed by atoms with Crippen LogP contribution < -0.4 is 5.73 Å². The van der Waals surface area contributed by atoms with Crippen molar-refractivity contribution in [3.05, 3.63) is 23.0 Å². The van der Waals surface area contributed by atoms with Crippen LogP contribution in [0, 0.1) is 0 Å². The molecule has 0 saturated carbocycles. The second-order valence-electron chi connectivity index (χ2n) is 3.82. The van der Waals surface area contributed by atoms with Crippen molar-refractivity contribution in [2.24, 2.45) is 10.7 Å². The van der Waals surface area contributed by atoms with Crippen molar-refractivity contribution in [2.45, 2.75) is 6.04 Å². The smallest absolute Gasteiger partial charge is 0.197 e. The number of aliphatic imine (C=N–C) groups is 1. The molecule has 0 aliphatic carbocycles. The van der Waals surface area contributed by atoms with Crippen LogP contribution in [0.5, 0.6) is 0 Å². The molecule has 6 heteroatoms. The Kier molecular flexibility index (Phi) is 2.22. The molecule has 1 saturated heterocycles. The maximum Gasteiger partial charge on any atom is 0.197 e. The monoisotopic (exact) mass is 238 g/mol. The van der Waals surface area contributed by atoms with Gasteiger partial charge in [-0.05, 0) is 6.07 Å². The number of guanidine groups is 1. The van der Waals surface area contributed by atoms with Gasteiger partial charge in [0.15, 0.2) is 5.96 Å². The van der Waals surface area contributed by atoms with Gasteiger partial charge in [0.05, 0.1) is 31.1 Å². The van der Waals surface area contributed by atoms with Gasteiger partial charge in [-0.3, -0.25) is 0 Å². The van der Waals surface area contributed by atoms with Crippen LogP contribution in [0.4, 0.5) is 5.69 Å². The molecule has 3 heterocycles. The molecule has 1 fully saturated rings. The maximum absolute atomic E-state index is 5.90. The summed E-state index contributed by atoms with van der Waals surface area (Å²) in [6.45, 7) is 2.06. The largest absolute Gasteiger partial charge is 0.377 e. The van der Waals surface area contributed by atoms with Crippen LogP contribution in [-0.4, -0.2) is 35.6 Å². The summed E-state index contributed by atoms with van der Waals surface area (Å²) in [5.41, 5.74) is 7.72. The zero-order valence-corrected chi connectivity index (χ0v) is 9.31. The summed E-state index contributed by atoms with van der Waals surface area (Å²) < 4.78 is 5.47. The first-order valence-electron chi connectivity index (χ1n) is 5.10. The van der Waals surface area contributed by atoms with Gasteiger partial charge in [-0.2, -0.15) is 0 Å². The van der Waals surface area contributed by atoms with Gasteiger partial charge in [0, 0.05) is 12.1 Å². The van der Waals surface area contributed by atoms with Gasteiger partial charge in [-0.15, -0.1) is 0 Å². The van der Waals surface area contributed by atoms with Gasteiger partial charge in [0.1, 0.15) is 5.15 Å². The van der Waals surface area contributed by atoms with Crippen LogP contribution >= 0.6 is 11.6 Å². The van der Waals surface area contributed by atoms with E-state index in [1.54, 1.807) is 6.20 Å². The highest BCUT2D eigenvalue weighted by molar-refractivity contribution is 6.29. The first-order valence-corrected chi connectivity index (χ1v) is 5.47. The van der Waals surface area contributed by atoms with Crippen molar-refractivity contribution in [3.63, 3.8) is 0 Å². The first-order chi connectivity index (χ1) is 7.75. The molecule has 1 aromatic rings. The molecular formula is C10H11ClN4O. The van der Waals surface area contributed by atoms with Gasteiger partial charge < -0.3 is 15.4 Å². The summed E-state index contributed by atoms with van der Waals surface area (Å²) in [7, 11) is 0. The highest BCUT2D eigenvalue weighted by Crippen LogP contribution is 2.36. The topological polar surface area (TPSA) is 63.7 Å². The minimum absolute atomic E-state index is 0.113. The van der Waals surface area contributed by atoms with E-state index in [9.17, 15) is 0 Å². The van der Waals surface area contributed by atoms with Crippen molar-refractivity contribution in [1.82, 2.24) is 9.88 Å².